The molecule has 0 aliphatic heterocycles. The Hall–Kier alpha value is -1.36. The van der Waals surface area contributed by atoms with Crippen LogP contribution in [0.3, 0.4) is 0 Å². The van der Waals surface area contributed by atoms with Gasteiger partial charge in [-0.3, -0.25) is 0 Å². The molecule has 0 aromatic heterocycles. The summed E-state index contributed by atoms with van der Waals surface area (Å²) >= 11 is 0. The number of nitriles is 1. The van der Waals surface area contributed by atoms with Gasteiger partial charge < -0.3 is 0 Å². The van der Waals surface area contributed by atoms with E-state index in [0.717, 1.165) is 5.56 Å². The molecular weight excluding hydrogens is 165 g/mol. The molecule has 0 aliphatic carbocycles. The molecule has 0 fully saturated rings. The lowest BCUT2D eigenvalue weighted by atomic mass is 9.90. The van der Waals surface area contributed by atoms with E-state index in [1.807, 2.05) is 13.8 Å². The minimum Gasteiger partial charge on any atom is -0.207 e. The molecule has 0 saturated carbocycles. The molecule has 1 nitrogen and oxygen atoms in total. The normalized spacial score (nSPS) is 12.5. The predicted octanol–water partition coefficient (Wildman–Crippen LogP) is 3.09. The van der Waals surface area contributed by atoms with Crippen LogP contribution in [0.5, 0.6) is 0 Å². The molecule has 0 amide bonds. The molecule has 0 heterocycles. The van der Waals surface area contributed by atoms with Crippen molar-refractivity contribution in [1.29, 1.82) is 5.26 Å². The van der Waals surface area contributed by atoms with E-state index in [1.54, 1.807) is 12.1 Å². The maximum absolute atomic E-state index is 12.8. The fourth-order valence-electron chi connectivity index (χ4n) is 1.31. The first-order valence-electron chi connectivity index (χ1n) is 4.30. The van der Waals surface area contributed by atoms with Crippen molar-refractivity contribution < 1.29 is 4.39 Å². The summed E-state index contributed by atoms with van der Waals surface area (Å²) in [4.78, 5) is 0. The van der Waals surface area contributed by atoms with Crippen molar-refractivity contribution >= 4 is 0 Å². The molecule has 1 rings (SSSR count). The average Bonchev–Trinajstić information content (AvgIpc) is 2.04. The molecular formula is C11H12FN. The van der Waals surface area contributed by atoms with Crippen molar-refractivity contribution in [2.45, 2.75) is 19.8 Å². The average molecular weight is 177 g/mol. The van der Waals surface area contributed by atoms with Gasteiger partial charge in [-0.1, -0.05) is 26.0 Å². The van der Waals surface area contributed by atoms with Crippen molar-refractivity contribution in [3.63, 3.8) is 0 Å². The molecule has 68 valence electrons. The van der Waals surface area contributed by atoms with Gasteiger partial charge in [0.25, 0.3) is 0 Å². The Bertz CT molecular complexity index is 325. The Morgan fingerprint density at radius 3 is 2.54 bits per heavy atom. The Morgan fingerprint density at radius 1 is 1.38 bits per heavy atom. The molecule has 0 radical (unpaired) electrons. The molecule has 13 heavy (non-hydrogen) atoms. The highest BCUT2D eigenvalue weighted by Gasteiger charge is 2.14. The second-order valence-electron chi connectivity index (χ2n) is 3.41. The SMILES string of the molecule is CC(C)C(C#N)c1cccc(F)c1. The molecule has 1 unspecified atom stereocenters. The van der Waals surface area contributed by atoms with Crippen molar-refractivity contribution in [2.75, 3.05) is 0 Å². The Morgan fingerprint density at radius 2 is 2.08 bits per heavy atom. The van der Waals surface area contributed by atoms with Crippen LogP contribution < -0.4 is 0 Å². The van der Waals surface area contributed by atoms with Gasteiger partial charge in [0.05, 0.1) is 12.0 Å². The molecule has 0 spiro atoms. The second kappa shape index (κ2) is 4.04. The largest absolute Gasteiger partial charge is 0.207 e. The monoisotopic (exact) mass is 177 g/mol. The second-order valence-corrected chi connectivity index (χ2v) is 3.41. The molecule has 1 aromatic carbocycles. The Labute approximate surface area is 77.8 Å². The third-order valence-electron chi connectivity index (χ3n) is 2.01. The molecule has 0 saturated heterocycles. The highest BCUT2D eigenvalue weighted by atomic mass is 19.1. The first-order valence-corrected chi connectivity index (χ1v) is 4.30. The summed E-state index contributed by atoms with van der Waals surface area (Å²) in [5.74, 6) is -0.277. The van der Waals surface area contributed by atoms with Gasteiger partial charge in [-0.2, -0.15) is 5.26 Å². The van der Waals surface area contributed by atoms with Gasteiger partial charge in [-0.15, -0.1) is 0 Å². The maximum Gasteiger partial charge on any atom is 0.123 e. The summed E-state index contributed by atoms with van der Waals surface area (Å²) < 4.78 is 12.8. The van der Waals surface area contributed by atoms with E-state index in [4.69, 9.17) is 5.26 Å². The van der Waals surface area contributed by atoms with E-state index >= 15 is 0 Å². The van der Waals surface area contributed by atoms with Gasteiger partial charge in [-0.05, 0) is 23.6 Å². The van der Waals surface area contributed by atoms with Crippen molar-refractivity contribution in [2.24, 2.45) is 5.92 Å². The van der Waals surface area contributed by atoms with Crippen LogP contribution in [0, 0.1) is 23.1 Å². The highest BCUT2D eigenvalue weighted by molar-refractivity contribution is 5.25. The van der Waals surface area contributed by atoms with Crippen LogP contribution in [0.4, 0.5) is 4.39 Å². The summed E-state index contributed by atoms with van der Waals surface area (Å²) in [6.07, 6.45) is 0. The van der Waals surface area contributed by atoms with Gasteiger partial charge in [0, 0.05) is 0 Å². The molecule has 2 heteroatoms. The van der Waals surface area contributed by atoms with Crippen molar-refractivity contribution in [3.8, 4) is 6.07 Å². The van der Waals surface area contributed by atoms with Gasteiger partial charge in [0.2, 0.25) is 0 Å². The zero-order valence-electron chi connectivity index (χ0n) is 7.79. The van der Waals surface area contributed by atoms with E-state index < -0.39 is 0 Å². The van der Waals surface area contributed by atoms with Gasteiger partial charge in [0.15, 0.2) is 0 Å². The molecule has 0 bridgehead atoms. The van der Waals surface area contributed by atoms with Crippen molar-refractivity contribution in [1.82, 2.24) is 0 Å². The number of hydrogen-bond acceptors (Lipinski definition) is 1. The molecule has 0 N–H and O–H groups in total. The maximum atomic E-state index is 12.8. The number of benzene rings is 1. The highest BCUT2D eigenvalue weighted by Crippen LogP contribution is 2.23. The zero-order chi connectivity index (χ0) is 9.84. The van der Waals surface area contributed by atoms with Gasteiger partial charge in [-0.25, -0.2) is 4.39 Å². The summed E-state index contributed by atoms with van der Waals surface area (Å²) in [6, 6.07) is 8.41. The zero-order valence-corrected chi connectivity index (χ0v) is 7.79. The lowest BCUT2D eigenvalue weighted by Crippen LogP contribution is -2.04. The van der Waals surface area contributed by atoms with Crippen LogP contribution in [0.25, 0.3) is 0 Å². The Kier molecular flexibility index (Phi) is 3.02. The summed E-state index contributed by atoms with van der Waals surface area (Å²) in [6.45, 7) is 3.91. The van der Waals surface area contributed by atoms with E-state index in [9.17, 15) is 4.39 Å². The quantitative estimate of drug-likeness (QED) is 0.681. The van der Waals surface area contributed by atoms with E-state index in [2.05, 4.69) is 6.07 Å². The fourth-order valence-corrected chi connectivity index (χ4v) is 1.31. The Balaban J connectivity index is 3.00. The van der Waals surface area contributed by atoms with E-state index in [1.165, 1.54) is 12.1 Å². The number of hydrogen-bond donors (Lipinski definition) is 0. The topological polar surface area (TPSA) is 23.8 Å². The van der Waals surface area contributed by atoms with Crippen LogP contribution in [-0.4, -0.2) is 0 Å². The lowest BCUT2D eigenvalue weighted by molar-refractivity contribution is 0.577. The third kappa shape index (κ3) is 2.29. The van der Waals surface area contributed by atoms with Crippen LogP contribution in [0.1, 0.15) is 25.3 Å². The van der Waals surface area contributed by atoms with Crippen molar-refractivity contribution in [3.05, 3.63) is 35.6 Å². The smallest absolute Gasteiger partial charge is 0.123 e. The van der Waals surface area contributed by atoms with E-state index in [0.29, 0.717) is 0 Å². The predicted molar refractivity (Wildman–Crippen MR) is 49.6 cm³/mol. The minimum absolute atomic E-state index is 0.212. The first kappa shape index (κ1) is 9.73. The molecule has 0 aliphatic rings. The molecule has 1 atom stereocenters. The minimum atomic E-state index is -0.279. The standard InChI is InChI=1S/C11H12FN/c1-8(2)11(7-13)9-4-3-5-10(12)6-9/h3-6,8,11H,1-2H3. The third-order valence-corrected chi connectivity index (χ3v) is 2.01. The number of halogens is 1. The van der Waals surface area contributed by atoms with E-state index in [-0.39, 0.29) is 17.7 Å². The number of rotatable bonds is 2. The summed E-state index contributed by atoms with van der Waals surface area (Å²) in [5.41, 5.74) is 0.762. The first-order chi connectivity index (χ1) is 6.15. The lowest BCUT2D eigenvalue weighted by Gasteiger charge is -2.12. The van der Waals surface area contributed by atoms with Gasteiger partial charge >= 0.3 is 0 Å². The van der Waals surface area contributed by atoms with Crippen LogP contribution in [0.15, 0.2) is 24.3 Å². The number of nitrogens with zero attached hydrogens (tertiary/aromatic N) is 1. The van der Waals surface area contributed by atoms with Crippen LogP contribution in [-0.2, 0) is 0 Å². The fraction of sp³-hybridized carbons (Fsp3) is 0.364. The summed E-state index contributed by atoms with van der Waals surface area (Å²) in [7, 11) is 0. The van der Waals surface area contributed by atoms with Crippen LogP contribution in [0.2, 0.25) is 0 Å². The molecule has 1 aromatic rings. The van der Waals surface area contributed by atoms with Crippen LogP contribution >= 0.6 is 0 Å². The van der Waals surface area contributed by atoms with Gasteiger partial charge in [0.1, 0.15) is 5.82 Å². The summed E-state index contributed by atoms with van der Waals surface area (Å²) in [5, 5.41) is 8.87.